The van der Waals surface area contributed by atoms with Crippen molar-refractivity contribution in [3.63, 3.8) is 0 Å². The molecule has 0 spiro atoms. The Labute approximate surface area is 160 Å². The molecule has 2 N–H and O–H groups in total. The van der Waals surface area contributed by atoms with Gasteiger partial charge in [-0.05, 0) is 68.8 Å². The van der Waals surface area contributed by atoms with Gasteiger partial charge in [0.25, 0.3) is 0 Å². The molecule has 0 heterocycles. The zero-order chi connectivity index (χ0) is 20.1. The highest BCUT2D eigenvalue weighted by molar-refractivity contribution is 7.89. The number of hydrogen-bond donors (Lipinski definition) is 2. The van der Waals surface area contributed by atoms with Gasteiger partial charge in [-0.1, -0.05) is 12.1 Å². The van der Waals surface area contributed by atoms with Crippen LogP contribution in [0.4, 0.5) is 5.69 Å². The van der Waals surface area contributed by atoms with E-state index >= 15 is 0 Å². The highest BCUT2D eigenvalue weighted by Crippen LogP contribution is 2.17. The van der Waals surface area contributed by atoms with E-state index in [-0.39, 0.29) is 10.8 Å². The van der Waals surface area contributed by atoms with Gasteiger partial charge in [-0.25, -0.2) is 13.1 Å². The quantitative estimate of drug-likeness (QED) is 0.743. The van der Waals surface area contributed by atoms with Crippen molar-refractivity contribution in [2.45, 2.75) is 31.2 Å². The second kappa shape index (κ2) is 8.37. The standard InChI is InChI=1S/C20H24N2O4S/c1-20(2,3)22-27(24,25)18-12-8-16(9-13-18)21-19(23)14-7-15-5-10-17(26-4)11-6-15/h5-14,22H,1-4H3,(H,21,23). The van der Waals surface area contributed by atoms with Crippen molar-refractivity contribution < 1.29 is 17.9 Å². The summed E-state index contributed by atoms with van der Waals surface area (Å²) in [4.78, 5) is 12.2. The van der Waals surface area contributed by atoms with Crippen molar-refractivity contribution in [1.29, 1.82) is 0 Å². The first-order valence-electron chi connectivity index (χ1n) is 8.36. The fourth-order valence-corrected chi connectivity index (χ4v) is 3.67. The first-order valence-corrected chi connectivity index (χ1v) is 9.84. The lowest BCUT2D eigenvalue weighted by Gasteiger charge is -2.20. The molecule has 0 fully saturated rings. The number of rotatable bonds is 6. The summed E-state index contributed by atoms with van der Waals surface area (Å²) in [5.74, 6) is 0.432. The molecular formula is C20H24N2O4S. The van der Waals surface area contributed by atoms with E-state index < -0.39 is 15.6 Å². The van der Waals surface area contributed by atoms with Crippen LogP contribution in [0.15, 0.2) is 59.5 Å². The van der Waals surface area contributed by atoms with Gasteiger partial charge >= 0.3 is 0 Å². The van der Waals surface area contributed by atoms with Gasteiger partial charge in [0, 0.05) is 17.3 Å². The molecule has 0 unspecified atom stereocenters. The molecule has 0 radical (unpaired) electrons. The first-order chi connectivity index (χ1) is 12.6. The second-order valence-corrected chi connectivity index (χ2v) is 8.66. The molecule has 0 saturated carbocycles. The molecule has 7 heteroatoms. The summed E-state index contributed by atoms with van der Waals surface area (Å²) in [7, 11) is -2.01. The van der Waals surface area contributed by atoms with E-state index in [1.54, 1.807) is 46.1 Å². The largest absolute Gasteiger partial charge is 0.497 e. The molecule has 0 aliphatic carbocycles. The van der Waals surface area contributed by atoms with Gasteiger partial charge in [0.05, 0.1) is 12.0 Å². The minimum atomic E-state index is -3.60. The van der Waals surface area contributed by atoms with E-state index in [4.69, 9.17) is 4.74 Å². The van der Waals surface area contributed by atoms with E-state index in [0.29, 0.717) is 5.69 Å². The van der Waals surface area contributed by atoms with Gasteiger partial charge in [0.1, 0.15) is 5.75 Å². The van der Waals surface area contributed by atoms with Crippen LogP contribution in [0.5, 0.6) is 5.75 Å². The molecule has 2 aromatic rings. The number of hydrogen-bond acceptors (Lipinski definition) is 4. The summed E-state index contributed by atoms with van der Waals surface area (Å²) in [5.41, 5.74) is 0.799. The third-order valence-electron chi connectivity index (χ3n) is 3.42. The summed E-state index contributed by atoms with van der Waals surface area (Å²) in [5, 5.41) is 2.70. The number of nitrogens with one attached hydrogen (secondary N) is 2. The predicted molar refractivity (Wildman–Crippen MR) is 107 cm³/mol. The van der Waals surface area contributed by atoms with Crippen molar-refractivity contribution in [1.82, 2.24) is 4.72 Å². The Kier molecular flexibility index (Phi) is 6.41. The van der Waals surface area contributed by atoms with Crippen LogP contribution < -0.4 is 14.8 Å². The van der Waals surface area contributed by atoms with Gasteiger partial charge < -0.3 is 10.1 Å². The average molecular weight is 388 g/mol. The number of benzene rings is 2. The van der Waals surface area contributed by atoms with Crippen LogP contribution in [-0.4, -0.2) is 27.0 Å². The van der Waals surface area contributed by atoms with Crippen LogP contribution in [-0.2, 0) is 14.8 Å². The number of ether oxygens (including phenoxy) is 1. The number of sulfonamides is 1. The predicted octanol–water partition coefficient (Wildman–Crippen LogP) is 3.42. The van der Waals surface area contributed by atoms with Crippen molar-refractivity contribution >= 4 is 27.7 Å². The van der Waals surface area contributed by atoms with E-state index in [9.17, 15) is 13.2 Å². The zero-order valence-corrected chi connectivity index (χ0v) is 16.6. The lowest BCUT2D eigenvalue weighted by Crippen LogP contribution is -2.40. The summed E-state index contributed by atoms with van der Waals surface area (Å²) in [6, 6.07) is 13.3. The smallest absolute Gasteiger partial charge is 0.248 e. The Morgan fingerprint density at radius 2 is 1.59 bits per heavy atom. The Morgan fingerprint density at radius 3 is 2.11 bits per heavy atom. The maximum atomic E-state index is 12.3. The van der Waals surface area contributed by atoms with Crippen LogP contribution in [0.2, 0.25) is 0 Å². The molecule has 2 rings (SSSR count). The zero-order valence-electron chi connectivity index (χ0n) is 15.8. The molecule has 0 atom stereocenters. The van der Waals surface area contributed by atoms with Crippen molar-refractivity contribution in [2.75, 3.05) is 12.4 Å². The third kappa shape index (κ3) is 6.54. The maximum absolute atomic E-state index is 12.3. The van der Waals surface area contributed by atoms with E-state index in [1.165, 1.54) is 18.2 Å². The van der Waals surface area contributed by atoms with Crippen LogP contribution in [0.25, 0.3) is 6.08 Å². The van der Waals surface area contributed by atoms with Crippen LogP contribution in [0.3, 0.4) is 0 Å². The molecule has 2 aromatic carbocycles. The molecular weight excluding hydrogens is 364 g/mol. The number of anilines is 1. The Morgan fingerprint density at radius 1 is 1.00 bits per heavy atom. The number of methoxy groups -OCH3 is 1. The minimum absolute atomic E-state index is 0.143. The topological polar surface area (TPSA) is 84.5 Å². The van der Waals surface area contributed by atoms with Gasteiger partial charge in [-0.3, -0.25) is 4.79 Å². The van der Waals surface area contributed by atoms with Gasteiger partial charge in [0.15, 0.2) is 0 Å². The van der Waals surface area contributed by atoms with Crippen molar-refractivity contribution in [3.8, 4) is 5.75 Å². The summed E-state index contributed by atoms with van der Waals surface area (Å²) in [6.07, 6.45) is 3.09. The third-order valence-corrected chi connectivity index (χ3v) is 5.19. The van der Waals surface area contributed by atoms with E-state index in [2.05, 4.69) is 10.0 Å². The van der Waals surface area contributed by atoms with E-state index in [0.717, 1.165) is 11.3 Å². The summed E-state index contributed by atoms with van der Waals surface area (Å²) < 4.78 is 32.2. The van der Waals surface area contributed by atoms with Gasteiger partial charge in [-0.15, -0.1) is 0 Å². The van der Waals surface area contributed by atoms with Crippen molar-refractivity contribution in [3.05, 3.63) is 60.2 Å². The molecule has 0 aromatic heterocycles. The molecule has 6 nitrogen and oxygen atoms in total. The fraction of sp³-hybridized carbons (Fsp3) is 0.250. The number of carbonyl (C=O) groups is 1. The minimum Gasteiger partial charge on any atom is -0.497 e. The van der Waals surface area contributed by atoms with Crippen molar-refractivity contribution in [2.24, 2.45) is 0 Å². The molecule has 0 saturated heterocycles. The lowest BCUT2D eigenvalue weighted by molar-refractivity contribution is -0.111. The SMILES string of the molecule is COc1ccc(C=CC(=O)Nc2ccc(S(=O)(=O)NC(C)(C)C)cc2)cc1. The van der Waals surface area contributed by atoms with Crippen LogP contribution in [0, 0.1) is 0 Å². The summed E-state index contributed by atoms with van der Waals surface area (Å²) >= 11 is 0. The van der Waals surface area contributed by atoms with Crippen LogP contribution >= 0.6 is 0 Å². The van der Waals surface area contributed by atoms with Crippen LogP contribution in [0.1, 0.15) is 26.3 Å². The normalized spacial score (nSPS) is 12.1. The monoisotopic (exact) mass is 388 g/mol. The highest BCUT2D eigenvalue weighted by atomic mass is 32.2. The average Bonchev–Trinajstić information content (AvgIpc) is 2.59. The lowest BCUT2D eigenvalue weighted by atomic mass is 10.1. The molecule has 0 aliphatic rings. The molecule has 27 heavy (non-hydrogen) atoms. The highest BCUT2D eigenvalue weighted by Gasteiger charge is 2.21. The number of carbonyl (C=O) groups excluding carboxylic acids is 1. The number of amides is 1. The van der Waals surface area contributed by atoms with Gasteiger partial charge in [-0.2, -0.15) is 0 Å². The van der Waals surface area contributed by atoms with E-state index in [1.807, 2.05) is 24.3 Å². The molecule has 0 aliphatic heterocycles. The molecule has 144 valence electrons. The maximum Gasteiger partial charge on any atom is 0.248 e. The molecule has 1 amide bonds. The summed E-state index contributed by atoms with van der Waals surface area (Å²) in [6.45, 7) is 5.32. The fourth-order valence-electron chi connectivity index (χ4n) is 2.25. The first kappa shape index (κ1) is 20.7. The Hall–Kier alpha value is -2.64. The van der Waals surface area contributed by atoms with Gasteiger partial charge in [0.2, 0.25) is 15.9 Å². The second-order valence-electron chi connectivity index (χ2n) is 6.98. The Bertz CT molecular complexity index is 910. The molecule has 0 bridgehead atoms. The Balaban J connectivity index is 2.01.